The minimum absolute atomic E-state index is 0. The number of hydrogen-bond donors (Lipinski definition) is 1. The van der Waals surface area contributed by atoms with Crippen LogP contribution in [-0.4, -0.2) is 37.3 Å². The first-order valence-electron chi connectivity index (χ1n) is 5.85. The molecule has 1 N–H and O–H groups in total. The van der Waals surface area contributed by atoms with Gasteiger partial charge in [-0.1, -0.05) is 11.6 Å². The van der Waals surface area contributed by atoms with Crippen LogP contribution in [0.5, 0.6) is 0 Å². The van der Waals surface area contributed by atoms with Crippen LogP contribution in [0.4, 0.5) is 17.6 Å². The molecule has 0 aliphatic carbocycles. The maximum absolute atomic E-state index is 13.3. The van der Waals surface area contributed by atoms with Gasteiger partial charge < -0.3 is 5.32 Å². The van der Waals surface area contributed by atoms with E-state index < -0.39 is 18.0 Å². The highest BCUT2D eigenvalue weighted by Gasteiger charge is 2.45. The summed E-state index contributed by atoms with van der Waals surface area (Å²) in [6.07, 6.45) is -4.46. The van der Waals surface area contributed by atoms with E-state index in [1.807, 2.05) is 0 Å². The monoisotopic (exact) mass is 368 g/mol. The molecular formula is C12H15Cl3F4N2. The van der Waals surface area contributed by atoms with E-state index in [4.69, 9.17) is 11.6 Å². The van der Waals surface area contributed by atoms with E-state index in [0.717, 1.165) is 12.1 Å². The number of piperazine rings is 1. The summed E-state index contributed by atoms with van der Waals surface area (Å²) in [5.41, 5.74) is -0.153. The fourth-order valence-corrected chi connectivity index (χ4v) is 2.51. The SMILES string of the molecule is Cl.Cl.Fc1cc(Cl)cc([C@H](N2CCNCC2)C(F)(F)F)c1. The largest absolute Gasteiger partial charge is 0.408 e. The Morgan fingerprint density at radius 1 is 1.10 bits per heavy atom. The highest BCUT2D eigenvalue weighted by Crippen LogP contribution is 2.38. The molecule has 0 spiro atoms. The van der Waals surface area contributed by atoms with Gasteiger partial charge in [0.2, 0.25) is 0 Å². The van der Waals surface area contributed by atoms with Gasteiger partial charge in [0.15, 0.2) is 0 Å². The Bertz CT molecular complexity index is 430. The molecule has 0 amide bonds. The van der Waals surface area contributed by atoms with Crippen molar-refractivity contribution in [1.82, 2.24) is 10.2 Å². The minimum atomic E-state index is -4.46. The van der Waals surface area contributed by atoms with Crippen LogP contribution in [0.25, 0.3) is 0 Å². The van der Waals surface area contributed by atoms with Crippen LogP contribution in [0.1, 0.15) is 11.6 Å². The molecule has 1 heterocycles. The molecule has 1 aliphatic heterocycles. The molecule has 0 aromatic heterocycles. The van der Waals surface area contributed by atoms with Gasteiger partial charge >= 0.3 is 6.18 Å². The van der Waals surface area contributed by atoms with E-state index in [1.165, 1.54) is 11.0 Å². The van der Waals surface area contributed by atoms with Crippen LogP contribution in [0.2, 0.25) is 5.02 Å². The van der Waals surface area contributed by atoms with Crippen molar-refractivity contribution in [1.29, 1.82) is 0 Å². The summed E-state index contributed by atoms with van der Waals surface area (Å²) in [5, 5.41) is 2.96. The summed E-state index contributed by atoms with van der Waals surface area (Å²) in [6.45, 7) is 1.49. The Hall–Kier alpha value is -0.270. The summed E-state index contributed by atoms with van der Waals surface area (Å²) >= 11 is 5.64. The first-order valence-corrected chi connectivity index (χ1v) is 6.23. The highest BCUT2D eigenvalue weighted by atomic mass is 35.5. The molecule has 2 nitrogen and oxygen atoms in total. The van der Waals surface area contributed by atoms with E-state index >= 15 is 0 Å². The normalized spacial score (nSPS) is 17.6. The Kier molecular flexibility index (Phi) is 8.28. The zero-order valence-electron chi connectivity index (χ0n) is 10.8. The van der Waals surface area contributed by atoms with Gasteiger partial charge in [-0.15, -0.1) is 24.8 Å². The van der Waals surface area contributed by atoms with Gasteiger partial charge in [0.05, 0.1) is 0 Å². The van der Waals surface area contributed by atoms with Crippen molar-refractivity contribution in [2.24, 2.45) is 0 Å². The quantitative estimate of drug-likeness (QED) is 0.797. The van der Waals surface area contributed by atoms with Crippen molar-refractivity contribution in [3.05, 3.63) is 34.6 Å². The lowest BCUT2D eigenvalue weighted by atomic mass is 10.0. The standard InChI is InChI=1S/C12H13ClF4N2.2ClH/c13-9-5-8(6-10(14)7-9)11(12(15,16)17)19-3-1-18-2-4-19;;/h5-7,11,18H,1-4H2;2*1H/t11-;;/m0../s1. The summed E-state index contributed by atoms with van der Waals surface area (Å²) in [6, 6.07) is 1.25. The van der Waals surface area contributed by atoms with E-state index in [0.29, 0.717) is 13.1 Å². The molecule has 1 fully saturated rings. The Morgan fingerprint density at radius 2 is 1.67 bits per heavy atom. The number of benzene rings is 1. The topological polar surface area (TPSA) is 15.3 Å². The molecule has 0 unspecified atom stereocenters. The Labute approximate surface area is 137 Å². The number of nitrogens with one attached hydrogen (secondary N) is 1. The van der Waals surface area contributed by atoms with E-state index in [-0.39, 0.29) is 48.5 Å². The second kappa shape index (κ2) is 8.39. The van der Waals surface area contributed by atoms with Crippen LogP contribution in [0.15, 0.2) is 18.2 Å². The summed E-state index contributed by atoms with van der Waals surface area (Å²) in [4.78, 5) is 1.29. The van der Waals surface area contributed by atoms with E-state index in [9.17, 15) is 17.6 Å². The molecule has 21 heavy (non-hydrogen) atoms. The van der Waals surface area contributed by atoms with Gasteiger partial charge in [-0.25, -0.2) is 4.39 Å². The van der Waals surface area contributed by atoms with Gasteiger partial charge in [-0.3, -0.25) is 4.90 Å². The lowest BCUT2D eigenvalue weighted by Crippen LogP contribution is -2.49. The molecule has 1 aromatic rings. The van der Waals surface area contributed by atoms with Crippen molar-refractivity contribution in [3.8, 4) is 0 Å². The lowest BCUT2D eigenvalue weighted by Gasteiger charge is -2.36. The zero-order valence-corrected chi connectivity index (χ0v) is 13.2. The number of hydrogen-bond acceptors (Lipinski definition) is 2. The summed E-state index contributed by atoms with van der Waals surface area (Å²) < 4.78 is 52.9. The highest BCUT2D eigenvalue weighted by molar-refractivity contribution is 6.30. The molecule has 2 rings (SSSR count). The molecule has 1 aliphatic rings. The first-order chi connectivity index (χ1) is 8.88. The van der Waals surface area contributed by atoms with Crippen molar-refractivity contribution < 1.29 is 17.6 Å². The summed E-state index contributed by atoms with van der Waals surface area (Å²) in [5.74, 6) is -0.758. The number of alkyl halides is 3. The molecule has 0 saturated carbocycles. The van der Waals surface area contributed by atoms with Gasteiger partial charge in [0.25, 0.3) is 0 Å². The average Bonchev–Trinajstić information content (AvgIpc) is 2.27. The molecule has 1 aromatic carbocycles. The fraction of sp³-hybridized carbons (Fsp3) is 0.500. The molecular weight excluding hydrogens is 354 g/mol. The number of nitrogens with zero attached hydrogens (tertiary/aromatic N) is 1. The van der Waals surface area contributed by atoms with Crippen LogP contribution in [0.3, 0.4) is 0 Å². The van der Waals surface area contributed by atoms with Crippen LogP contribution in [-0.2, 0) is 0 Å². The lowest BCUT2D eigenvalue weighted by molar-refractivity contribution is -0.187. The third-order valence-corrected chi connectivity index (χ3v) is 3.25. The van der Waals surface area contributed by atoms with Gasteiger partial charge in [0, 0.05) is 31.2 Å². The molecule has 0 bridgehead atoms. The van der Waals surface area contributed by atoms with Crippen molar-refractivity contribution in [2.75, 3.05) is 26.2 Å². The second-order valence-electron chi connectivity index (χ2n) is 4.43. The number of rotatable bonds is 2. The smallest absolute Gasteiger partial charge is 0.314 e. The van der Waals surface area contributed by atoms with E-state index in [1.54, 1.807) is 0 Å². The third kappa shape index (κ3) is 5.45. The predicted octanol–water partition coefficient (Wildman–Crippen LogP) is 3.83. The Morgan fingerprint density at radius 3 is 2.14 bits per heavy atom. The van der Waals surface area contributed by atoms with E-state index in [2.05, 4.69) is 5.32 Å². The molecule has 0 radical (unpaired) electrons. The minimum Gasteiger partial charge on any atom is -0.314 e. The number of halogens is 7. The molecule has 122 valence electrons. The van der Waals surface area contributed by atoms with Crippen LogP contribution < -0.4 is 5.32 Å². The Balaban J connectivity index is 0.00000200. The maximum Gasteiger partial charge on any atom is 0.408 e. The fourth-order valence-electron chi connectivity index (χ4n) is 2.28. The first kappa shape index (κ1) is 20.7. The van der Waals surface area contributed by atoms with Crippen LogP contribution in [0, 0.1) is 5.82 Å². The molecule has 1 atom stereocenters. The van der Waals surface area contributed by atoms with Gasteiger partial charge in [0.1, 0.15) is 11.9 Å². The molecule has 1 saturated heterocycles. The molecule has 9 heteroatoms. The third-order valence-electron chi connectivity index (χ3n) is 3.03. The summed E-state index contributed by atoms with van der Waals surface area (Å²) in [7, 11) is 0. The second-order valence-corrected chi connectivity index (χ2v) is 4.87. The maximum atomic E-state index is 13.3. The van der Waals surface area contributed by atoms with Gasteiger partial charge in [-0.2, -0.15) is 13.2 Å². The van der Waals surface area contributed by atoms with Crippen molar-refractivity contribution in [3.63, 3.8) is 0 Å². The predicted molar refractivity (Wildman–Crippen MR) is 79.1 cm³/mol. The van der Waals surface area contributed by atoms with Crippen LogP contribution >= 0.6 is 36.4 Å². The average molecular weight is 370 g/mol. The van der Waals surface area contributed by atoms with Crippen molar-refractivity contribution in [2.45, 2.75) is 12.2 Å². The zero-order chi connectivity index (χ0) is 14.0. The van der Waals surface area contributed by atoms with Gasteiger partial charge in [-0.05, 0) is 23.8 Å². The van der Waals surface area contributed by atoms with Crippen molar-refractivity contribution >= 4 is 36.4 Å².